The maximum Gasteiger partial charge on any atom is 0.494 e. The lowest BCUT2D eigenvalue weighted by molar-refractivity contribution is 0.00578. The molecule has 0 aromatic heterocycles. The molecule has 0 amide bonds. The molecule has 24 rings (SSSR count). The molecule has 0 radical (unpaired) electrons. The first-order valence-corrected chi connectivity index (χ1v) is 49.2. The van der Waals surface area contributed by atoms with E-state index in [0.29, 0.717) is 22.2 Å². The number of nitriles is 3. The molecule has 0 bridgehead atoms. The van der Waals surface area contributed by atoms with Gasteiger partial charge in [-0.05, 0) is 314 Å². The molecule has 6 aliphatic heterocycles. The molecular weight excluding hydrogens is 1830 g/mol. The molecule has 0 saturated carbocycles. The minimum Gasteiger partial charge on any atom is -0.423 e. The Morgan fingerprint density at radius 3 is 0.889 bits per heavy atom. The third kappa shape index (κ3) is 15.1. The molecule has 135 heavy (non-hydrogen) atoms. The molecule has 3 aliphatic carbocycles. The molecule has 6 heterocycles. The van der Waals surface area contributed by atoms with E-state index in [0.717, 1.165) is 36.7 Å². The van der Waals surface area contributed by atoms with Gasteiger partial charge in [-0.3, -0.25) is 0 Å². The highest BCUT2D eigenvalue weighted by Gasteiger charge is 2.65. The van der Waals surface area contributed by atoms with Gasteiger partial charge in [0.2, 0.25) is 0 Å². The summed E-state index contributed by atoms with van der Waals surface area (Å²) in [6.07, 6.45) is 0. The molecule has 21 heteroatoms. The van der Waals surface area contributed by atoms with Crippen molar-refractivity contribution >= 4 is 114 Å². The second-order valence-electron chi connectivity index (χ2n) is 38.2. The first-order chi connectivity index (χ1) is 64.8. The second kappa shape index (κ2) is 34.8. The van der Waals surface area contributed by atoms with Crippen LogP contribution in [0.1, 0.15) is 167 Å². The summed E-state index contributed by atoms with van der Waals surface area (Å²) >= 11 is 22.6. The van der Waals surface area contributed by atoms with Crippen molar-refractivity contribution in [3.8, 4) is 73.8 Å². The van der Waals surface area contributed by atoms with E-state index in [-0.39, 0.29) is 27.8 Å². The Kier molecular flexibility index (Phi) is 23.6. The smallest absolute Gasteiger partial charge is 0.423 e. The zero-order chi connectivity index (χ0) is 94.3. The molecule has 15 aromatic rings. The number of hydrogen-bond acceptors (Lipinski definition) is 14. The van der Waals surface area contributed by atoms with Crippen LogP contribution in [0.2, 0.25) is 10.0 Å². The predicted octanol–water partition coefficient (Wildman–Crippen LogP) is 26.5. The van der Waals surface area contributed by atoms with Gasteiger partial charge in [-0.2, -0.15) is 15.8 Å². The second-order valence-corrected chi connectivity index (χ2v) is 43.1. The molecule has 9 aliphatic rings. The van der Waals surface area contributed by atoms with Crippen molar-refractivity contribution in [3.63, 3.8) is 0 Å². The Morgan fingerprint density at radius 2 is 0.563 bits per heavy atom. The molecule has 3 spiro atoms. The maximum absolute atomic E-state index is 9.44. The molecule has 662 valence electrons. The summed E-state index contributed by atoms with van der Waals surface area (Å²) in [5, 5.41) is 46.0. The van der Waals surface area contributed by atoms with Crippen LogP contribution in [-0.2, 0) is 44.2 Å². The third-order valence-corrected chi connectivity index (χ3v) is 33.7. The summed E-state index contributed by atoms with van der Waals surface area (Å²) in [6.45, 7) is 24.6. The van der Waals surface area contributed by atoms with E-state index in [4.69, 9.17) is 66.4 Å². The summed E-state index contributed by atoms with van der Waals surface area (Å²) in [6, 6.07) is 120. The van der Waals surface area contributed by atoms with Crippen molar-refractivity contribution in [2.75, 3.05) is 0 Å². The summed E-state index contributed by atoms with van der Waals surface area (Å²) in [4.78, 5) is 7.69. The number of halogens is 3. The van der Waals surface area contributed by atoms with E-state index in [9.17, 15) is 10.5 Å². The molecule has 15 aromatic carbocycles. The fraction of sp³-hybridized carbons (Fsp3) is 0.184. The number of fused-ring (bicyclic) bond motifs is 27. The summed E-state index contributed by atoms with van der Waals surface area (Å²) in [7, 11) is -2.87. The highest BCUT2D eigenvalue weighted by molar-refractivity contribution is 9.10. The van der Waals surface area contributed by atoms with E-state index in [2.05, 4.69) is 311 Å². The van der Waals surface area contributed by atoms with E-state index in [1.165, 1.54) is 159 Å². The largest absolute Gasteiger partial charge is 0.494 e. The first kappa shape index (κ1) is 91.6. The lowest BCUT2D eigenvalue weighted by Crippen LogP contribution is -2.41. The Morgan fingerprint density at radius 1 is 0.289 bits per heavy atom. The normalized spacial score (nSPS) is 17.4. The standard InChI is InChI=1S/C38H30BNO2S.C32H18ClNS.C25H14BrClS.C12H24B2O4.C7H6BNO2/c1-36(2)37(3,4)42-39(41-36)26-20-21-28-32(22-26)38(29-11-5-7-14-33(29)43-34-15-8-6-12-30(34)38)31-13-9-10-27(35(28)31)25-18-16-24(23-40)17-19-25;33-22-16-17-24-28(18-22)32(25-7-1-3-10-29(25)35-30-11-4-2-8-26(30)32)27-9-5-6-23(31(24)27)21-14-12-20(19-34)13-15-21;26-21-9-5-8-19-24(21)16-13-12-15(27)14-20(16)25(19)17-6-1-3-10-22(17)28-23-11-4-2-7-18(23)25;1-9(2)10(3,4)16-13(15-9)14-17-11(5,6)12(7,8)18-14;9-5-6-1-3-7(4-2-6)8(10)11/h5-22H,1-4H3;1-18H;1-14H;1-8H3;1-4,10-11H. The van der Waals surface area contributed by atoms with Crippen LogP contribution in [0.5, 0.6) is 0 Å². The van der Waals surface area contributed by atoms with Gasteiger partial charge in [-0.1, -0.05) is 299 Å². The highest BCUT2D eigenvalue weighted by atomic mass is 79.9. The third-order valence-electron chi connectivity index (χ3n) is 29.1. The van der Waals surface area contributed by atoms with Crippen LogP contribution < -0.4 is 10.9 Å². The SMILES string of the molecule is CC1(C)OB(B2OC(C)(C)C(C)(C)O2)OC1(C)C.CC1(C)OB(c2ccc3c(c2)C2(c4ccccc4Sc4ccccc42)c2cccc(-c4ccc(C#N)cc4)c2-3)OC1(C)C.Clc1ccc2c(c1)C1(c3ccccc3Sc3ccccc31)c1cccc(Br)c1-2.N#Cc1ccc(-c2cccc3c2-c2ccc(Cl)cc2C32c3ccccc3Sc3ccccc32)cc1.N#Cc1ccc(B(O)O)cc1. The molecular formula is C114H92B4BrCl2N3O8S3. The van der Waals surface area contributed by atoms with Gasteiger partial charge < -0.3 is 38.0 Å². The molecule has 3 saturated heterocycles. The van der Waals surface area contributed by atoms with Gasteiger partial charge >= 0.3 is 28.3 Å². The van der Waals surface area contributed by atoms with Gasteiger partial charge in [0.25, 0.3) is 0 Å². The van der Waals surface area contributed by atoms with Crippen molar-refractivity contribution in [2.24, 2.45) is 0 Å². The zero-order valence-electron chi connectivity index (χ0n) is 76.5. The van der Waals surface area contributed by atoms with Crippen LogP contribution >= 0.6 is 74.4 Å². The van der Waals surface area contributed by atoms with Crippen LogP contribution in [0, 0.1) is 34.0 Å². The Hall–Kier alpha value is -11.2. The molecule has 3 fully saturated rings. The van der Waals surface area contributed by atoms with Crippen molar-refractivity contribution in [1.82, 2.24) is 0 Å². The molecule has 2 N–H and O–H groups in total. The van der Waals surface area contributed by atoms with E-state index >= 15 is 0 Å². The maximum atomic E-state index is 9.44. The summed E-state index contributed by atoms with van der Waals surface area (Å²) < 4.78 is 38.1. The topological polar surface area (TPSA) is 167 Å². The average molecular weight is 1920 g/mol. The van der Waals surface area contributed by atoms with Gasteiger partial charge in [-0.15, -0.1) is 0 Å². The predicted molar refractivity (Wildman–Crippen MR) is 550 cm³/mol. The van der Waals surface area contributed by atoms with Crippen molar-refractivity contribution in [1.29, 1.82) is 15.8 Å². The van der Waals surface area contributed by atoms with Crippen LogP contribution in [0.3, 0.4) is 0 Å². The summed E-state index contributed by atoms with van der Waals surface area (Å²) in [5.41, 5.74) is 27.0. The van der Waals surface area contributed by atoms with Crippen LogP contribution in [0.4, 0.5) is 0 Å². The first-order valence-electron chi connectivity index (χ1n) is 45.2. The van der Waals surface area contributed by atoms with Gasteiger partial charge in [0.05, 0.1) is 84.7 Å². The van der Waals surface area contributed by atoms with E-state index < -0.39 is 50.3 Å². The van der Waals surface area contributed by atoms with Crippen LogP contribution in [0.15, 0.2) is 361 Å². The minimum absolute atomic E-state index is 0.349. The Bertz CT molecular complexity index is 7220. The average Bonchev–Trinajstić information content (AvgIpc) is 1.52. The number of benzene rings is 15. The molecule has 0 atom stereocenters. The Labute approximate surface area is 822 Å². The minimum atomic E-state index is -1.46. The molecule has 11 nitrogen and oxygen atoms in total. The molecule has 0 unspecified atom stereocenters. The number of hydrogen-bond donors (Lipinski definition) is 2. The zero-order valence-corrected chi connectivity index (χ0v) is 82.1. The van der Waals surface area contributed by atoms with Gasteiger partial charge in [0.1, 0.15) is 0 Å². The van der Waals surface area contributed by atoms with Gasteiger partial charge in [0.15, 0.2) is 0 Å². The number of rotatable bonds is 5. The van der Waals surface area contributed by atoms with Gasteiger partial charge in [0, 0.05) is 49.5 Å². The quantitative estimate of drug-likeness (QED) is 0.156. The monoisotopic (exact) mass is 1920 g/mol. The van der Waals surface area contributed by atoms with Crippen molar-refractivity contribution in [2.45, 2.75) is 162 Å². The Balaban J connectivity index is 0.000000111. The van der Waals surface area contributed by atoms with Crippen molar-refractivity contribution in [3.05, 3.63) is 426 Å². The lowest BCUT2D eigenvalue weighted by atomic mass is 9.49. The van der Waals surface area contributed by atoms with E-state index in [1.807, 2.05) is 145 Å². The summed E-state index contributed by atoms with van der Waals surface area (Å²) in [5.74, 6) is 0. The van der Waals surface area contributed by atoms with Crippen LogP contribution in [0.25, 0.3) is 55.6 Å². The van der Waals surface area contributed by atoms with E-state index in [1.54, 1.807) is 0 Å². The van der Waals surface area contributed by atoms with Gasteiger partial charge in [-0.25, -0.2) is 0 Å². The van der Waals surface area contributed by atoms with Crippen LogP contribution in [-0.4, -0.2) is 71.9 Å². The lowest BCUT2D eigenvalue weighted by Gasteiger charge is -2.39. The fourth-order valence-corrected chi connectivity index (χ4v) is 25.0. The fourth-order valence-electron chi connectivity index (χ4n) is 20.5. The number of nitrogens with zero attached hydrogens (tertiary/aromatic N) is 3. The highest BCUT2D eigenvalue weighted by Crippen LogP contribution is 2.68. The van der Waals surface area contributed by atoms with Crippen molar-refractivity contribution < 1.29 is 38.0 Å².